The van der Waals surface area contributed by atoms with Crippen molar-refractivity contribution in [3.05, 3.63) is 79.5 Å². The highest BCUT2D eigenvalue weighted by atomic mass is 16.1. The van der Waals surface area contributed by atoms with Crippen molar-refractivity contribution in [3.63, 3.8) is 0 Å². The monoisotopic (exact) mass is 331 g/mol. The highest BCUT2D eigenvalue weighted by molar-refractivity contribution is 6.05. The number of hydrogen-bond donors (Lipinski definition) is 1. The van der Waals surface area contributed by atoms with Crippen LogP contribution in [0.2, 0.25) is 0 Å². The predicted octanol–water partition coefficient (Wildman–Crippen LogP) is 2.10. The number of pyridine rings is 1. The summed E-state index contributed by atoms with van der Waals surface area (Å²) in [5, 5.41) is 6.98. The van der Waals surface area contributed by atoms with Crippen LogP contribution < -0.4 is 5.32 Å². The molecule has 0 atom stereocenters. The van der Waals surface area contributed by atoms with Crippen LogP contribution >= 0.6 is 0 Å². The van der Waals surface area contributed by atoms with Crippen LogP contribution in [0, 0.1) is 0 Å². The second-order valence-corrected chi connectivity index (χ2v) is 5.19. The van der Waals surface area contributed by atoms with E-state index in [0.29, 0.717) is 17.1 Å². The Morgan fingerprint density at radius 2 is 1.96 bits per heavy atom. The van der Waals surface area contributed by atoms with Crippen molar-refractivity contribution in [3.8, 4) is 11.5 Å². The number of nitrogens with one attached hydrogen (secondary N) is 1. The highest BCUT2D eigenvalue weighted by Crippen LogP contribution is 2.19. The second-order valence-electron chi connectivity index (χ2n) is 5.19. The number of anilines is 1. The van der Waals surface area contributed by atoms with Crippen molar-refractivity contribution < 1.29 is 4.79 Å². The van der Waals surface area contributed by atoms with E-state index in [4.69, 9.17) is 0 Å². The fourth-order valence-corrected chi connectivity index (χ4v) is 2.37. The fraction of sp³-hybridized carbons (Fsp3) is 0. The lowest BCUT2D eigenvalue weighted by Gasteiger charge is -2.10. The molecule has 8 heteroatoms. The van der Waals surface area contributed by atoms with E-state index in [1.54, 1.807) is 46.4 Å². The molecule has 0 aliphatic rings. The first kappa shape index (κ1) is 14.8. The van der Waals surface area contributed by atoms with Crippen molar-refractivity contribution in [2.75, 3.05) is 5.32 Å². The Morgan fingerprint density at radius 3 is 2.68 bits per heavy atom. The van der Waals surface area contributed by atoms with Crippen LogP contribution in [-0.4, -0.2) is 35.2 Å². The zero-order chi connectivity index (χ0) is 17.1. The molecule has 0 aliphatic carbocycles. The number of rotatable bonds is 4. The minimum absolute atomic E-state index is 0.253. The van der Waals surface area contributed by atoms with Crippen LogP contribution in [0.4, 0.5) is 5.69 Å². The fourth-order valence-electron chi connectivity index (χ4n) is 2.37. The molecular weight excluding hydrogens is 318 g/mol. The molecule has 25 heavy (non-hydrogen) atoms. The van der Waals surface area contributed by atoms with Crippen molar-refractivity contribution in [2.45, 2.75) is 0 Å². The third-order valence-corrected chi connectivity index (χ3v) is 3.60. The molecule has 0 fully saturated rings. The quantitative estimate of drug-likeness (QED) is 0.618. The van der Waals surface area contributed by atoms with Crippen LogP contribution in [0.5, 0.6) is 0 Å². The lowest BCUT2D eigenvalue weighted by molar-refractivity contribution is 0.102. The van der Waals surface area contributed by atoms with Crippen molar-refractivity contribution in [2.24, 2.45) is 0 Å². The predicted molar refractivity (Wildman–Crippen MR) is 90.7 cm³/mol. The van der Waals surface area contributed by atoms with Gasteiger partial charge in [0.1, 0.15) is 24.8 Å². The van der Waals surface area contributed by atoms with Gasteiger partial charge in [-0.1, -0.05) is 12.1 Å². The SMILES string of the molecule is O=C(Nc1ccccc1-n1cncn1)c1ccc(-n2ccnc2)nc1. The van der Waals surface area contributed by atoms with Crippen molar-refractivity contribution in [1.29, 1.82) is 0 Å². The van der Waals surface area contributed by atoms with Gasteiger partial charge in [0.15, 0.2) is 0 Å². The van der Waals surface area contributed by atoms with Crippen LogP contribution in [0.25, 0.3) is 11.5 Å². The molecule has 1 amide bonds. The molecule has 0 bridgehead atoms. The van der Waals surface area contributed by atoms with Crippen LogP contribution in [0.15, 0.2) is 74.0 Å². The van der Waals surface area contributed by atoms with E-state index in [0.717, 1.165) is 5.69 Å². The van der Waals surface area contributed by atoms with Gasteiger partial charge in [0.05, 0.1) is 16.9 Å². The Balaban J connectivity index is 1.57. The van der Waals surface area contributed by atoms with Gasteiger partial charge in [0.25, 0.3) is 5.91 Å². The molecule has 0 aliphatic heterocycles. The van der Waals surface area contributed by atoms with Gasteiger partial charge in [0, 0.05) is 18.6 Å². The Kier molecular flexibility index (Phi) is 3.76. The highest BCUT2D eigenvalue weighted by Gasteiger charge is 2.11. The van der Waals surface area contributed by atoms with E-state index >= 15 is 0 Å². The van der Waals surface area contributed by atoms with Gasteiger partial charge < -0.3 is 5.32 Å². The average molecular weight is 331 g/mol. The third kappa shape index (κ3) is 3.00. The Hall–Kier alpha value is -3.81. The standard InChI is InChI=1S/C17H13N7O/c25-17(13-5-6-16(20-9-13)23-8-7-18-11-23)22-14-3-1-2-4-15(14)24-12-19-10-21-24/h1-12H,(H,22,25). The van der Waals surface area contributed by atoms with Gasteiger partial charge in [-0.3, -0.25) is 9.36 Å². The summed E-state index contributed by atoms with van der Waals surface area (Å²) in [5.74, 6) is 0.439. The first-order valence-electron chi connectivity index (χ1n) is 7.51. The van der Waals surface area contributed by atoms with Gasteiger partial charge >= 0.3 is 0 Å². The molecule has 4 aromatic rings. The zero-order valence-electron chi connectivity index (χ0n) is 13.0. The number of nitrogens with zero attached hydrogens (tertiary/aromatic N) is 6. The van der Waals surface area contributed by atoms with Gasteiger partial charge in [-0.25, -0.2) is 19.6 Å². The molecule has 0 radical (unpaired) electrons. The maximum Gasteiger partial charge on any atom is 0.257 e. The molecule has 3 aromatic heterocycles. The smallest absolute Gasteiger partial charge is 0.257 e. The van der Waals surface area contributed by atoms with E-state index in [-0.39, 0.29) is 5.91 Å². The number of aromatic nitrogens is 6. The zero-order valence-corrected chi connectivity index (χ0v) is 13.0. The molecular formula is C17H13N7O. The van der Waals surface area contributed by atoms with Crippen molar-refractivity contribution in [1.82, 2.24) is 29.3 Å². The number of amides is 1. The number of carbonyl (C=O) groups excluding carboxylic acids is 1. The molecule has 0 saturated carbocycles. The molecule has 1 aromatic carbocycles. The maximum atomic E-state index is 12.5. The average Bonchev–Trinajstić information content (AvgIpc) is 3.36. The molecule has 0 unspecified atom stereocenters. The van der Waals surface area contributed by atoms with Crippen molar-refractivity contribution >= 4 is 11.6 Å². The molecule has 8 nitrogen and oxygen atoms in total. The summed E-state index contributed by atoms with van der Waals surface area (Å²) in [6.07, 6.45) is 9.66. The lowest BCUT2D eigenvalue weighted by Crippen LogP contribution is -2.14. The summed E-state index contributed by atoms with van der Waals surface area (Å²) in [6, 6.07) is 10.9. The summed E-state index contributed by atoms with van der Waals surface area (Å²) >= 11 is 0. The number of para-hydroxylation sites is 2. The minimum atomic E-state index is -0.253. The van der Waals surface area contributed by atoms with Gasteiger partial charge in [-0.15, -0.1) is 0 Å². The van der Waals surface area contributed by atoms with Gasteiger partial charge in [0.2, 0.25) is 0 Å². The molecule has 0 saturated heterocycles. The van der Waals surface area contributed by atoms with E-state index < -0.39 is 0 Å². The minimum Gasteiger partial charge on any atom is -0.320 e. The molecule has 0 spiro atoms. The largest absolute Gasteiger partial charge is 0.320 e. The Bertz CT molecular complexity index is 976. The van der Waals surface area contributed by atoms with Gasteiger partial charge in [-0.05, 0) is 24.3 Å². The molecule has 4 rings (SSSR count). The van der Waals surface area contributed by atoms with E-state index in [9.17, 15) is 4.79 Å². The Labute approximate surface area is 142 Å². The number of imidazole rings is 1. The van der Waals surface area contributed by atoms with E-state index in [1.807, 2.05) is 24.3 Å². The number of carbonyl (C=O) groups is 1. The van der Waals surface area contributed by atoms with Crippen LogP contribution in [-0.2, 0) is 0 Å². The first-order valence-corrected chi connectivity index (χ1v) is 7.51. The van der Waals surface area contributed by atoms with E-state index in [2.05, 4.69) is 25.4 Å². The summed E-state index contributed by atoms with van der Waals surface area (Å²) < 4.78 is 3.36. The summed E-state index contributed by atoms with van der Waals surface area (Å²) in [5.41, 5.74) is 1.82. The van der Waals surface area contributed by atoms with Gasteiger partial charge in [-0.2, -0.15) is 5.10 Å². The summed E-state index contributed by atoms with van der Waals surface area (Å²) in [7, 11) is 0. The number of hydrogen-bond acceptors (Lipinski definition) is 5. The lowest BCUT2D eigenvalue weighted by atomic mass is 10.2. The molecule has 1 N–H and O–H groups in total. The third-order valence-electron chi connectivity index (χ3n) is 3.60. The topological polar surface area (TPSA) is 90.5 Å². The van der Waals surface area contributed by atoms with E-state index in [1.165, 1.54) is 12.5 Å². The maximum absolute atomic E-state index is 12.5. The number of benzene rings is 1. The first-order chi connectivity index (χ1) is 12.3. The summed E-state index contributed by atoms with van der Waals surface area (Å²) in [6.45, 7) is 0. The molecule has 122 valence electrons. The van der Waals surface area contributed by atoms with Crippen LogP contribution in [0.1, 0.15) is 10.4 Å². The second kappa shape index (κ2) is 6.36. The Morgan fingerprint density at radius 1 is 1.04 bits per heavy atom. The normalized spacial score (nSPS) is 10.6. The summed E-state index contributed by atoms with van der Waals surface area (Å²) in [4.78, 5) is 24.7. The van der Waals surface area contributed by atoms with Crippen LogP contribution in [0.3, 0.4) is 0 Å². The molecule has 3 heterocycles.